The first kappa shape index (κ1) is 21.3. The predicted octanol–water partition coefficient (Wildman–Crippen LogP) is 4.65. The first-order valence-electron chi connectivity index (χ1n) is 9.06. The molecule has 0 aliphatic heterocycles. The van der Waals surface area contributed by atoms with E-state index in [2.05, 4.69) is 36.6 Å². The van der Waals surface area contributed by atoms with Gasteiger partial charge < -0.3 is 10.6 Å². The zero-order valence-corrected chi connectivity index (χ0v) is 17.8. The van der Waals surface area contributed by atoms with Crippen molar-refractivity contribution >= 4 is 38.7 Å². The van der Waals surface area contributed by atoms with E-state index in [1.165, 1.54) is 9.87 Å². The molecule has 2 aromatic carbocycles. The number of hydrogen-bond donors (Lipinski definition) is 2. The molecule has 0 fully saturated rings. The number of sulfonamides is 1. The van der Waals surface area contributed by atoms with Gasteiger partial charge in [-0.25, -0.2) is 8.42 Å². The van der Waals surface area contributed by atoms with E-state index in [1.54, 1.807) is 24.3 Å². The van der Waals surface area contributed by atoms with Crippen LogP contribution in [0.4, 0.5) is 11.4 Å². The highest BCUT2D eigenvalue weighted by molar-refractivity contribution is 7.89. The number of rotatable bonds is 7. The zero-order valence-electron chi connectivity index (χ0n) is 16.2. The third-order valence-electron chi connectivity index (χ3n) is 4.29. The van der Waals surface area contributed by atoms with Crippen LogP contribution in [0.2, 0.25) is 0 Å². The van der Waals surface area contributed by atoms with E-state index in [4.69, 9.17) is 12.2 Å². The Hall–Kier alpha value is -1.96. The van der Waals surface area contributed by atoms with Crippen LogP contribution in [0.25, 0.3) is 0 Å². The van der Waals surface area contributed by atoms with E-state index >= 15 is 0 Å². The third-order valence-corrected chi connectivity index (χ3v) is 6.56. The van der Waals surface area contributed by atoms with Crippen molar-refractivity contribution in [2.75, 3.05) is 23.7 Å². The lowest BCUT2D eigenvalue weighted by molar-refractivity contribution is 0.445. The van der Waals surface area contributed by atoms with Crippen molar-refractivity contribution in [2.24, 2.45) is 0 Å². The summed E-state index contributed by atoms with van der Waals surface area (Å²) in [4.78, 5) is 0.278. The normalized spacial score (nSPS) is 11.6. The van der Waals surface area contributed by atoms with E-state index < -0.39 is 10.0 Å². The SMILES string of the molecule is CCN(CC)S(=O)(=O)c1ccc(NC(=S)Nc2ccc(C(C)C)cc2)cc1. The standard InChI is InChI=1S/C20H27N3O2S2/c1-5-23(6-2)27(24,25)19-13-11-18(12-14-19)22-20(26)21-17-9-7-16(8-10-17)15(3)4/h7-15H,5-6H2,1-4H3,(H2,21,22,26). The summed E-state index contributed by atoms with van der Waals surface area (Å²) in [5.74, 6) is 0.482. The lowest BCUT2D eigenvalue weighted by atomic mass is 10.0. The number of anilines is 2. The van der Waals surface area contributed by atoms with Gasteiger partial charge in [-0.05, 0) is 60.1 Å². The molecule has 0 saturated heterocycles. The first-order chi connectivity index (χ1) is 12.8. The van der Waals surface area contributed by atoms with E-state index in [0.29, 0.717) is 24.1 Å². The number of thiocarbonyl (C=S) groups is 1. The molecular weight excluding hydrogens is 378 g/mol. The minimum absolute atomic E-state index is 0.278. The van der Waals surface area contributed by atoms with Crippen molar-refractivity contribution in [1.29, 1.82) is 0 Å². The third kappa shape index (κ3) is 5.51. The van der Waals surface area contributed by atoms with Crippen molar-refractivity contribution in [3.05, 3.63) is 54.1 Å². The van der Waals surface area contributed by atoms with Crippen LogP contribution in [0.15, 0.2) is 53.4 Å². The van der Waals surface area contributed by atoms with Gasteiger partial charge in [0.1, 0.15) is 0 Å². The minimum atomic E-state index is -3.45. The largest absolute Gasteiger partial charge is 0.332 e. The smallest absolute Gasteiger partial charge is 0.243 e. The van der Waals surface area contributed by atoms with Gasteiger partial charge in [-0.1, -0.05) is 39.8 Å². The van der Waals surface area contributed by atoms with Gasteiger partial charge >= 0.3 is 0 Å². The Morgan fingerprint density at radius 3 is 1.78 bits per heavy atom. The summed E-state index contributed by atoms with van der Waals surface area (Å²) in [7, 11) is -3.45. The molecule has 0 saturated carbocycles. The van der Waals surface area contributed by atoms with Gasteiger partial charge in [0, 0.05) is 24.5 Å². The molecule has 2 N–H and O–H groups in total. The van der Waals surface area contributed by atoms with Crippen LogP contribution in [-0.2, 0) is 10.0 Å². The minimum Gasteiger partial charge on any atom is -0.332 e. The number of benzene rings is 2. The topological polar surface area (TPSA) is 61.4 Å². The first-order valence-corrected chi connectivity index (χ1v) is 10.9. The Kier molecular flexibility index (Phi) is 7.35. The second-order valence-corrected chi connectivity index (χ2v) is 8.82. The van der Waals surface area contributed by atoms with Crippen molar-refractivity contribution in [1.82, 2.24) is 4.31 Å². The average Bonchev–Trinajstić information content (AvgIpc) is 2.63. The maximum atomic E-state index is 12.5. The molecule has 0 atom stereocenters. The highest BCUT2D eigenvalue weighted by atomic mass is 32.2. The molecule has 0 radical (unpaired) electrons. The summed E-state index contributed by atoms with van der Waals surface area (Å²) in [6.45, 7) is 8.85. The molecule has 0 aliphatic rings. The molecule has 5 nitrogen and oxygen atoms in total. The highest BCUT2D eigenvalue weighted by Crippen LogP contribution is 2.20. The van der Waals surface area contributed by atoms with Crippen LogP contribution in [0.5, 0.6) is 0 Å². The van der Waals surface area contributed by atoms with Crippen molar-refractivity contribution in [3.63, 3.8) is 0 Å². The van der Waals surface area contributed by atoms with Gasteiger partial charge in [-0.2, -0.15) is 4.31 Å². The Balaban J connectivity index is 2.02. The fourth-order valence-corrected chi connectivity index (χ4v) is 4.36. The highest BCUT2D eigenvalue weighted by Gasteiger charge is 2.21. The van der Waals surface area contributed by atoms with Gasteiger partial charge in [-0.3, -0.25) is 0 Å². The van der Waals surface area contributed by atoms with Crippen LogP contribution < -0.4 is 10.6 Å². The fraction of sp³-hybridized carbons (Fsp3) is 0.350. The Morgan fingerprint density at radius 1 is 0.926 bits per heavy atom. The summed E-state index contributed by atoms with van der Waals surface area (Å²) in [6, 6.07) is 14.7. The van der Waals surface area contributed by atoms with Gasteiger partial charge in [0.2, 0.25) is 10.0 Å². The molecule has 0 heterocycles. The fourth-order valence-electron chi connectivity index (χ4n) is 2.67. The van der Waals surface area contributed by atoms with Crippen LogP contribution in [0.3, 0.4) is 0 Å². The van der Waals surface area contributed by atoms with Crippen LogP contribution in [0.1, 0.15) is 39.2 Å². The van der Waals surface area contributed by atoms with Gasteiger partial charge in [0.15, 0.2) is 5.11 Å². The van der Waals surface area contributed by atoms with Crippen molar-refractivity contribution in [3.8, 4) is 0 Å². The lowest BCUT2D eigenvalue weighted by Crippen LogP contribution is -2.30. The average molecular weight is 406 g/mol. The molecular formula is C20H27N3O2S2. The molecule has 0 aromatic heterocycles. The van der Waals surface area contributed by atoms with Gasteiger partial charge in [0.05, 0.1) is 4.90 Å². The van der Waals surface area contributed by atoms with E-state index in [1.807, 2.05) is 26.0 Å². The number of nitrogens with one attached hydrogen (secondary N) is 2. The van der Waals surface area contributed by atoms with Crippen LogP contribution in [0, 0.1) is 0 Å². The van der Waals surface area contributed by atoms with E-state index in [0.717, 1.165) is 11.4 Å². The molecule has 7 heteroatoms. The molecule has 0 amide bonds. The summed E-state index contributed by atoms with van der Waals surface area (Å²) in [6.07, 6.45) is 0. The molecule has 0 bridgehead atoms. The monoisotopic (exact) mass is 405 g/mol. The van der Waals surface area contributed by atoms with Crippen LogP contribution >= 0.6 is 12.2 Å². The van der Waals surface area contributed by atoms with E-state index in [-0.39, 0.29) is 4.90 Å². The predicted molar refractivity (Wildman–Crippen MR) is 117 cm³/mol. The molecule has 0 spiro atoms. The Morgan fingerprint density at radius 2 is 1.37 bits per heavy atom. The van der Waals surface area contributed by atoms with Gasteiger partial charge in [0.25, 0.3) is 0 Å². The summed E-state index contributed by atoms with van der Waals surface area (Å²) in [5.41, 5.74) is 2.90. The summed E-state index contributed by atoms with van der Waals surface area (Å²) >= 11 is 5.34. The zero-order chi connectivity index (χ0) is 20.0. The van der Waals surface area contributed by atoms with E-state index in [9.17, 15) is 8.42 Å². The Labute approximate surface area is 167 Å². The molecule has 27 heavy (non-hydrogen) atoms. The number of hydrogen-bond acceptors (Lipinski definition) is 3. The quantitative estimate of drug-likeness (QED) is 0.657. The number of nitrogens with zero attached hydrogens (tertiary/aromatic N) is 1. The summed E-state index contributed by atoms with van der Waals surface area (Å²) in [5, 5.41) is 6.66. The Bertz CT molecular complexity index is 857. The lowest BCUT2D eigenvalue weighted by Gasteiger charge is -2.18. The van der Waals surface area contributed by atoms with Crippen molar-refractivity contribution in [2.45, 2.75) is 38.5 Å². The maximum Gasteiger partial charge on any atom is 0.243 e. The molecule has 0 aliphatic carbocycles. The maximum absolute atomic E-state index is 12.5. The van der Waals surface area contributed by atoms with Crippen molar-refractivity contribution < 1.29 is 8.42 Å². The molecule has 2 rings (SSSR count). The second kappa shape index (κ2) is 9.30. The second-order valence-electron chi connectivity index (χ2n) is 6.47. The van der Waals surface area contributed by atoms with Crippen LogP contribution in [-0.4, -0.2) is 30.9 Å². The molecule has 2 aromatic rings. The van der Waals surface area contributed by atoms with Gasteiger partial charge in [-0.15, -0.1) is 0 Å². The molecule has 0 unspecified atom stereocenters. The molecule has 146 valence electrons. The summed E-state index contributed by atoms with van der Waals surface area (Å²) < 4.78 is 26.5.